The van der Waals surface area contributed by atoms with E-state index in [1.165, 1.54) is 11.8 Å². The number of hydrogen-bond acceptors (Lipinski definition) is 4. The van der Waals surface area contributed by atoms with Crippen LogP contribution in [0.4, 0.5) is 0 Å². The van der Waals surface area contributed by atoms with Crippen molar-refractivity contribution in [1.29, 1.82) is 0 Å². The molecule has 0 fully saturated rings. The topological polar surface area (TPSA) is 59.9 Å². The first-order valence-corrected chi connectivity index (χ1v) is 8.04. The zero-order valence-electron chi connectivity index (χ0n) is 11.4. The first-order chi connectivity index (χ1) is 9.65. The molecule has 0 unspecified atom stereocenters. The van der Waals surface area contributed by atoms with Crippen LogP contribution >= 0.6 is 27.7 Å². The summed E-state index contributed by atoms with van der Waals surface area (Å²) in [6.45, 7) is 2.71. The number of H-pyrrole nitrogens is 1. The molecule has 5 nitrogen and oxygen atoms in total. The first kappa shape index (κ1) is 15.2. The van der Waals surface area contributed by atoms with Gasteiger partial charge in [0.1, 0.15) is 5.75 Å². The minimum Gasteiger partial charge on any atom is -0.497 e. The SMILES string of the molecule is CCCn1c(SCc2cc(OC)ccc2Br)n[nH]c1=O. The molecule has 20 heavy (non-hydrogen) atoms. The van der Waals surface area contributed by atoms with Crippen molar-refractivity contribution < 1.29 is 4.74 Å². The molecule has 0 aliphatic heterocycles. The molecule has 0 spiro atoms. The molecule has 108 valence electrons. The monoisotopic (exact) mass is 357 g/mol. The fraction of sp³-hybridized carbons (Fsp3) is 0.385. The molecule has 1 aromatic heterocycles. The Bertz CT molecular complexity index is 639. The van der Waals surface area contributed by atoms with Crippen LogP contribution in [0.5, 0.6) is 5.75 Å². The fourth-order valence-corrected chi connectivity index (χ4v) is 3.30. The number of hydrogen-bond donors (Lipinski definition) is 1. The highest BCUT2D eigenvalue weighted by Gasteiger charge is 2.10. The second-order valence-corrected chi connectivity index (χ2v) is 6.01. The zero-order valence-corrected chi connectivity index (χ0v) is 13.8. The second kappa shape index (κ2) is 6.99. The minimum atomic E-state index is -0.154. The Morgan fingerprint density at radius 1 is 1.50 bits per heavy atom. The molecule has 0 aliphatic carbocycles. The molecular weight excluding hydrogens is 342 g/mol. The number of halogens is 1. The molecular formula is C13H16BrN3O2S. The molecule has 0 aliphatic rings. The zero-order chi connectivity index (χ0) is 14.5. The Hall–Kier alpha value is -1.21. The number of benzene rings is 1. The fourth-order valence-electron chi connectivity index (χ4n) is 1.77. The number of rotatable bonds is 6. The van der Waals surface area contributed by atoms with Gasteiger partial charge in [-0.25, -0.2) is 9.89 Å². The van der Waals surface area contributed by atoms with Gasteiger partial charge in [0.2, 0.25) is 0 Å². The van der Waals surface area contributed by atoms with Gasteiger partial charge in [-0.05, 0) is 30.2 Å². The lowest BCUT2D eigenvalue weighted by molar-refractivity contribution is 0.414. The number of aromatic nitrogens is 3. The third-order valence-electron chi connectivity index (χ3n) is 2.78. The largest absolute Gasteiger partial charge is 0.497 e. The van der Waals surface area contributed by atoms with E-state index in [1.807, 2.05) is 25.1 Å². The maximum absolute atomic E-state index is 11.6. The van der Waals surface area contributed by atoms with E-state index in [2.05, 4.69) is 26.1 Å². The lowest BCUT2D eigenvalue weighted by Gasteiger charge is -2.07. The van der Waals surface area contributed by atoms with Gasteiger partial charge in [-0.3, -0.25) is 4.57 Å². The number of ether oxygens (including phenoxy) is 1. The van der Waals surface area contributed by atoms with E-state index in [0.717, 1.165) is 22.2 Å². The Morgan fingerprint density at radius 2 is 2.30 bits per heavy atom. The van der Waals surface area contributed by atoms with Gasteiger partial charge in [0, 0.05) is 16.8 Å². The second-order valence-electron chi connectivity index (χ2n) is 4.21. The van der Waals surface area contributed by atoms with Crippen molar-refractivity contribution in [2.75, 3.05) is 7.11 Å². The van der Waals surface area contributed by atoms with Gasteiger partial charge in [0.05, 0.1) is 7.11 Å². The van der Waals surface area contributed by atoms with Crippen molar-refractivity contribution in [3.8, 4) is 5.75 Å². The summed E-state index contributed by atoms with van der Waals surface area (Å²) in [4.78, 5) is 11.6. The van der Waals surface area contributed by atoms with Crippen molar-refractivity contribution in [3.63, 3.8) is 0 Å². The van der Waals surface area contributed by atoms with E-state index >= 15 is 0 Å². The Labute approximate surface area is 129 Å². The molecule has 1 N–H and O–H groups in total. The molecule has 0 bridgehead atoms. The van der Waals surface area contributed by atoms with Gasteiger partial charge < -0.3 is 4.74 Å². The summed E-state index contributed by atoms with van der Waals surface area (Å²) < 4.78 is 7.91. The average molecular weight is 358 g/mol. The van der Waals surface area contributed by atoms with Crippen LogP contribution < -0.4 is 10.4 Å². The van der Waals surface area contributed by atoms with E-state index in [-0.39, 0.29) is 5.69 Å². The van der Waals surface area contributed by atoms with E-state index in [9.17, 15) is 4.79 Å². The van der Waals surface area contributed by atoms with Crippen LogP contribution in [0.15, 0.2) is 32.6 Å². The molecule has 1 aromatic carbocycles. The molecule has 0 saturated carbocycles. The molecule has 0 saturated heterocycles. The summed E-state index contributed by atoms with van der Waals surface area (Å²) in [6.07, 6.45) is 0.899. The maximum Gasteiger partial charge on any atom is 0.343 e. The molecule has 7 heteroatoms. The summed E-state index contributed by atoms with van der Waals surface area (Å²) >= 11 is 5.05. The first-order valence-electron chi connectivity index (χ1n) is 6.26. The summed E-state index contributed by atoms with van der Waals surface area (Å²) in [5.74, 6) is 1.53. The number of thioether (sulfide) groups is 1. The number of nitrogens with one attached hydrogen (secondary N) is 1. The van der Waals surface area contributed by atoms with Crippen LogP contribution in [-0.2, 0) is 12.3 Å². The van der Waals surface area contributed by atoms with Gasteiger partial charge in [-0.1, -0.05) is 34.6 Å². The van der Waals surface area contributed by atoms with Crippen LogP contribution in [0, 0.1) is 0 Å². The maximum atomic E-state index is 11.6. The average Bonchev–Trinajstić information content (AvgIpc) is 2.80. The van der Waals surface area contributed by atoms with Gasteiger partial charge >= 0.3 is 5.69 Å². The third-order valence-corrected chi connectivity index (χ3v) is 4.58. The van der Waals surface area contributed by atoms with E-state index in [0.29, 0.717) is 17.5 Å². The number of nitrogens with zero attached hydrogens (tertiary/aromatic N) is 2. The summed E-state index contributed by atoms with van der Waals surface area (Å²) in [5.41, 5.74) is 0.951. The van der Waals surface area contributed by atoms with Crippen molar-refractivity contribution in [2.24, 2.45) is 0 Å². The number of methoxy groups -OCH3 is 1. The van der Waals surface area contributed by atoms with E-state index < -0.39 is 0 Å². The molecule has 0 amide bonds. The molecule has 0 radical (unpaired) electrons. The van der Waals surface area contributed by atoms with Crippen LogP contribution in [0.1, 0.15) is 18.9 Å². The lowest BCUT2D eigenvalue weighted by atomic mass is 10.2. The lowest BCUT2D eigenvalue weighted by Crippen LogP contribution is -2.17. The quantitative estimate of drug-likeness (QED) is 0.807. The Morgan fingerprint density at radius 3 is 3.00 bits per heavy atom. The van der Waals surface area contributed by atoms with Crippen LogP contribution in [0.3, 0.4) is 0 Å². The van der Waals surface area contributed by atoms with Gasteiger partial charge in [-0.15, -0.1) is 5.10 Å². The van der Waals surface area contributed by atoms with Crippen LogP contribution in [0.2, 0.25) is 0 Å². The molecule has 1 heterocycles. The normalized spacial score (nSPS) is 10.8. The highest BCUT2D eigenvalue weighted by atomic mass is 79.9. The smallest absolute Gasteiger partial charge is 0.343 e. The minimum absolute atomic E-state index is 0.154. The van der Waals surface area contributed by atoms with Crippen molar-refractivity contribution >= 4 is 27.7 Å². The Kier molecular flexibility index (Phi) is 5.31. The van der Waals surface area contributed by atoms with Crippen molar-refractivity contribution in [2.45, 2.75) is 30.8 Å². The van der Waals surface area contributed by atoms with E-state index in [1.54, 1.807) is 11.7 Å². The van der Waals surface area contributed by atoms with Crippen LogP contribution in [-0.4, -0.2) is 21.9 Å². The summed E-state index contributed by atoms with van der Waals surface area (Å²) in [7, 11) is 1.65. The molecule has 2 rings (SSSR count). The molecule has 0 atom stereocenters. The van der Waals surface area contributed by atoms with E-state index in [4.69, 9.17) is 4.74 Å². The summed E-state index contributed by atoms with van der Waals surface area (Å²) in [5, 5.41) is 7.27. The van der Waals surface area contributed by atoms with Gasteiger partial charge in [0.15, 0.2) is 5.16 Å². The van der Waals surface area contributed by atoms with Crippen molar-refractivity contribution in [1.82, 2.24) is 14.8 Å². The summed E-state index contributed by atoms with van der Waals surface area (Å²) in [6, 6.07) is 5.84. The highest BCUT2D eigenvalue weighted by molar-refractivity contribution is 9.10. The Balaban J connectivity index is 2.14. The third kappa shape index (κ3) is 3.46. The van der Waals surface area contributed by atoms with Crippen molar-refractivity contribution in [3.05, 3.63) is 38.7 Å². The predicted molar refractivity (Wildman–Crippen MR) is 83.4 cm³/mol. The van der Waals surface area contributed by atoms with Gasteiger partial charge in [-0.2, -0.15) is 0 Å². The standard InChI is InChI=1S/C13H16BrN3O2S/c1-3-6-17-12(18)15-16-13(17)20-8-9-7-10(19-2)4-5-11(9)14/h4-5,7H,3,6,8H2,1-2H3,(H,15,18). The highest BCUT2D eigenvalue weighted by Crippen LogP contribution is 2.28. The van der Waals surface area contributed by atoms with Crippen LogP contribution in [0.25, 0.3) is 0 Å². The van der Waals surface area contributed by atoms with Gasteiger partial charge in [0.25, 0.3) is 0 Å². The molecule has 2 aromatic rings. The predicted octanol–water partition coefficient (Wildman–Crippen LogP) is 3.04. The number of aromatic amines is 1.